The van der Waals surface area contributed by atoms with Crippen molar-refractivity contribution < 1.29 is 17.6 Å². The average molecular weight is 398 g/mol. The van der Waals surface area contributed by atoms with E-state index in [1.165, 1.54) is 37.0 Å². The van der Waals surface area contributed by atoms with Crippen molar-refractivity contribution in [2.24, 2.45) is 0 Å². The molecular weight excluding hydrogens is 376 g/mol. The van der Waals surface area contributed by atoms with Gasteiger partial charge in [0.2, 0.25) is 0 Å². The molecule has 0 fully saturated rings. The van der Waals surface area contributed by atoms with Crippen LogP contribution in [0.2, 0.25) is 0 Å². The molecule has 0 aliphatic rings. The number of unbranched alkanes of at least 4 members (excludes halogenated alkanes) is 3. The summed E-state index contributed by atoms with van der Waals surface area (Å²) in [7, 11) is 0. The lowest BCUT2D eigenvalue weighted by molar-refractivity contribution is -0.137. The Balaban J connectivity index is 1.79. The van der Waals surface area contributed by atoms with Gasteiger partial charge in [0.25, 0.3) is 0 Å². The zero-order valence-corrected chi connectivity index (χ0v) is 16.2. The molecule has 3 aromatic carbocycles. The van der Waals surface area contributed by atoms with E-state index in [1.54, 1.807) is 12.1 Å². The standard InChI is InChI=1S/C25H22F4/c1-2-3-4-5-6-19-10-16-23-21(17-19)13-12-20(24(23)26)11-7-18-8-14-22(15-9-18)25(27,28)29/h8-10,12-17H,2-6H2,1H3. The van der Waals surface area contributed by atoms with Crippen LogP contribution in [0.3, 0.4) is 0 Å². The van der Waals surface area contributed by atoms with Crippen LogP contribution in [0, 0.1) is 17.7 Å². The summed E-state index contributed by atoms with van der Waals surface area (Å²) < 4.78 is 52.7. The summed E-state index contributed by atoms with van der Waals surface area (Å²) in [4.78, 5) is 0. The topological polar surface area (TPSA) is 0 Å². The number of benzene rings is 3. The Bertz CT molecular complexity index is 1030. The predicted octanol–water partition coefficient (Wildman–Crippen LogP) is 7.52. The average Bonchev–Trinajstić information content (AvgIpc) is 2.70. The van der Waals surface area contributed by atoms with Crippen molar-refractivity contribution in [2.45, 2.75) is 45.2 Å². The van der Waals surface area contributed by atoms with E-state index in [1.807, 2.05) is 18.2 Å². The molecule has 0 bridgehead atoms. The van der Waals surface area contributed by atoms with Gasteiger partial charge in [0.15, 0.2) is 0 Å². The smallest absolute Gasteiger partial charge is 0.205 e. The highest BCUT2D eigenvalue weighted by atomic mass is 19.4. The molecule has 29 heavy (non-hydrogen) atoms. The highest BCUT2D eigenvalue weighted by molar-refractivity contribution is 5.85. The zero-order valence-electron chi connectivity index (χ0n) is 16.2. The van der Waals surface area contributed by atoms with Gasteiger partial charge in [-0.05, 0) is 54.1 Å². The summed E-state index contributed by atoms with van der Waals surface area (Å²) in [5.74, 6) is 5.07. The Morgan fingerprint density at radius 3 is 2.28 bits per heavy atom. The molecule has 0 aliphatic carbocycles. The molecule has 0 nitrogen and oxygen atoms in total. The second-order valence-electron chi connectivity index (χ2n) is 7.12. The molecule has 0 saturated heterocycles. The second-order valence-corrected chi connectivity index (χ2v) is 7.12. The van der Waals surface area contributed by atoms with Crippen molar-refractivity contribution in [3.8, 4) is 11.8 Å². The minimum absolute atomic E-state index is 0.230. The maximum atomic E-state index is 14.8. The minimum Gasteiger partial charge on any atom is -0.205 e. The molecule has 0 atom stereocenters. The Kier molecular flexibility index (Phi) is 6.59. The first-order valence-electron chi connectivity index (χ1n) is 9.79. The van der Waals surface area contributed by atoms with E-state index in [4.69, 9.17) is 0 Å². The number of hydrogen-bond acceptors (Lipinski definition) is 0. The third-order valence-electron chi connectivity index (χ3n) is 4.89. The van der Waals surface area contributed by atoms with Crippen LogP contribution < -0.4 is 0 Å². The summed E-state index contributed by atoms with van der Waals surface area (Å²) in [6, 6.07) is 13.7. The van der Waals surface area contributed by atoms with Crippen LogP contribution in [0.25, 0.3) is 10.8 Å². The molecule has 0 aliphatic heterocycles. The van der Waals surface area contributed by atoms with Gasteiger partial charge in [-0.1, -0.05) is 62.3 Å². The third kappa shape index (κ3) is 5.38. The van der Waals surface area contributed by atoms with Crippen molar-refractivity contribution in [2.75, 3.05) is 0 Å². The van der Waals surface area contributed by atoms with Gasteiger partial charge < -0.3 is 0 Å². The molecule has 0 saturated carbocycles. The minimum atomic E-state index is -4.38. The number of fused-ring (bicyclic) bond motifs is 1. The van der Waals surface area contributed by atoms with Crippen molar-refractivity contribution in [1.29, 1.82) is 0 Å². The van der Waals surface area contributed by atoms with Gasteiger partial charge in [-0.15, -0.1) is 0 Å². The molecule has 4 heteroatoms. The van der Waals surface area contributed by atoms with Crippen LogP contribution in [0.1, 0.15) is 54.9 Å². The normalized spacial score (nSPS) is 11.3. The largest absolute Gasteiger partial charge is 0.416 e. The van der Waals surface area contributed by atoms with Crippen LogP contribution in [-0.2, 0) is 12.6 Å². The van der Waals surface area contributed by atoms with Crippen LogP contribution in [0.15, 0.2) is 54.6 Å². The molecule has 0 spiro atoms. The lowest BCUT2D eigenvalue weighted by Crippen LogP contribution is -2.04. The fourth-order valence-electron chi connectivity index (χ4n) is 3.23. The fraction of sp³-hybridized carbons (Fsp3) is 0.280. The van der Waals surface area contributed by atoms with Gasteiger partial charge in [0, 0.05) is 10.9 Å². The van der Waals surface area contributed by atoms with Crippen molar-refractivity contribution in [3.63, 3.8) is 0 Å². The van der Waals surface area contributed by atoms with Gasteiger partial charge in [0.05, 0.1) is 11.1 Å². The maximum Gasteiger partial charge on any atom is 0.416 e. The van der Waals surface area contributed by atoms with E-state index >= 15 is 0 Å². The van der Waals surface area contributed by atoms with Gasteiger partial charge in [-0.2, -0.15) is 13.2 Å². The van der Waals surface area contributed by atoms with Gasteiger partial charge in [0.1, 0.15) is 5.82 Å². The molecular formula is C25H22F4. The van der Waals surface area contributed by atoms with E-state index in [9.17, 15) is 17.6 Å². The lowest BCUT2D eigenvalue weighted by Gasteiger charge is -2.06. The molecule has 0 amide bonds. The first kappa shape index (κ1) is 20.9. The quantitative estimate of drug-likeness (QED) is 0.237. The Morgan fingerprint density at radius 1 is 0.828 bits per heavy atom. The van der Waals surface area contributed by atoms with E-state index in [-0.39, 0.29) is 5.56 Å². The summed E-state index contributed by atoms with van der Waals surface area (Å²) in [5, 5.41) is 1.33. The Hall–Kier alpha value is -2.80. The molecule has 0 heterocycles. The highest BCUT2D eigenvalue weighted by Gasteiger charge is 2.29. The number of rotatable bonds is 5. The maximum absolute atomic E-state index is 14.8. The Morgan fingerprint density at radius 2 is 1.59 bits per heavy atom. The summed E-state index contributed by atoms with van der Waals surface area (Å²) in [5.41, 5.74) is 1.09. The highest BCUT2D eigenvalue weighted by Crippen LogP contribution is 2.29. The van der Waals surface area contributed by atoms with Crippen LogP contribution in [-0.4, -0.2) is 0 Å². The molecule has 150 valence electrons. The van der Waals surface area contributed by atoms with Crippen molar-refractivity contribution >= 4 is 10.8 Å². The molecule has 3 aromatic rings. The number of hydrogen-bond donors (Lipinski definition) is 0. The van der Waals surface area contributed by atoms with Crippen LogP contribution in [0.5, 0.6) is 0 Å². The summed E-state index contributed by atoms with van der Waals surface area (Å²) >= 11 is 0. The van der Waals surface area contributed by atoms with Crippen molar-refractivity contribution in [1.82, 2.24) is 0 Å². The van der Waals surface area contributed by atoms with E-state index in [0.717, 1.165) is 30.4 Å². The second kappa shape index (κ2) is 9.13. The third-order valence-corrected chi connectivity index (χ3v) is 4.89. The number of alkyl halides is 3. The number of halogens is 4. The van der Waals surface area contributed by atoms with E-state index in [0.29, 0.717) is 10.9 Å². The molecule has 0 radical (unpaired) electrons. The summed E-state index contributed by atoms with van der Waals surface area (Å²) in [6.07, 6.45) is 1.33. The fourth-order valence-corrected chi connectivity index (χ4v) is 3.23. The van der Waals surface area contributed by atoms with Crippen LogP contribution in [0.4, 0.5) is 17.6 Å². The lowest BCUT2D eigenvalue weighted by atomic mass is 10.00. The molecule has 0 unspecified atom stereocenters. The first-order valence-corrected chi connectivity index (χ1v) is 9.79. The SMILES string of the molecule is CCCCCCc1ccc2c(F)c(C#Cc3ccc(C(F)(F)F)cc3)ccc2c1. The number of aryl methyl sites for hydroxylation is 1. The van der Waals surface area contributed by atoms with Gasteiger partial charge in [-0.3, -0.25) is 0 Å². The first-order chi connectivity index (χ1) is 13.9. The monoisotopic (exact) mass is 398 g/mol. The Labute approximate surface area is 168 Å². The zero-order chi connectivity index (χ0) is 20.9. The molecule has 0 aromatic heterocycles. The summed E-state index contributed by atoms with van der Waals surface area (Å²) in [6.45, 7) is 2.18. The van der Waals surface area contributed by atoms with Crippen LogP contribution >= 0.6 is 0 Å². The van der Waals surface area contributed by atoms with E-state index in [2.05, 4.69) is 18.8 Å². The molecule has 3 rings (SSSR count). The predicted molar refractivity (Wildman–Crippen MR) is 109 cm³/mol. The van der Waals surface area contributed by atoms with Gasteiger partial charge in [-0.25, -0.2) is 4.39 Å². The van der Waals surface area contributed by atoms with Crippen molar-refractivity contribution in [3.05, 3.63) is 82.7 Å². The molecule has 0 N–H and O–H groups in total. The van der Waals surface area contributed by atoms with E-state index < -0.39 is 17.6 Å². The van der Waals surface area contributed by atoms with Gasteiger partial charge >= 0.3 is 6.18 Å².